The van der Waals surface area contributed by atoms with E-state index in [2.05, 4.69) is 65.8 Å². The molecule has 0 fully saturated rings. The summed E-state index contributed by atoms with van der Waals surface area (Å²) in [6, 6.07) is 12.0. The van der Waals surface area contributed by atoms with E-state index in [-0.39, 0.29) is 46.2 Å². The molecule has 412 valence electrons. The molecule has 2 aromatic rings. The third-order valence-electron chi connectivity index (χ3n) is 12.2. The van der Waals surface area contributed by atoms with Crippen LogP contribution < -0.4 is 10.2 Å². The van der Waals surface area contributed by atoms with E-state index in [1.165, 1.54) is 191 Å². The first-order valence-corrected chi connectivity index (χ1v) is 29.0. The molecule has 0 aromatic heterocycles. The number of allylic oxidation sites excluding steroid dienone is 4. The Bertz CT molecular complexity index is 1470. The van der Waals surface area contributed by atoms with Gasteiger partial charge in [-0.15, -0.1) is 0 Å². The summed E-state index contributed by atoms with van der Waals surface area (Å²) in [5.74, 6) is -3.92. The third kappa shape index (κ3) is 49.3. The Morgan fingerprint density at radius 1 is 0.370 bits per heavy atom. The van der Waals surface area contributed by atoms with Gasteiger partial charge in [-0.3, -0.25) is 0 Å². The smallest absolute Gasteiger partial charge is 0.545 e. The summed E-state index contributed by atoms with van der Waals surface area (Å²) in [4.78, 5) is 46.0. The van der Waals surface area contributed by atoms with Crippen molar-refractivity contribution in [3.63, 3.8) is 0 Å². The van der Waals surface area contributed by atoms with Gasteiger partial charge in [-0.2, -0.15) is 0 Å². The SMILES string of the molecule is CCCCCCC/C=C/CCCCCCCOC(=O)c1ccccc1C(=O)[O-].CCCCCCC/C=C/CCCCCCCOC(=O)c1ccccc1C(=O)[O-].[CH2]CCCCCCC.[CH2]CCCCCCC.[Sn+2]. The van der Waals surface area contributed by atoms with E-state index in [0.717, 1.165) is 64.2 Å². The molecule has 0 bridgehead atoms. The van der Waals surface area contributed by atoms with Crippen molar-refractivity contribution >= 4 is 47.8 Å². The number of carbonyl (C=O) groups is 4. The molecule has 0 heterocycles. The first-order valence-electron chi connectivity index (χ1n) is 29.0. The van der Waals surface area contributed by atoms with Crippen LogP contribution in [0.5, 0.6) is 0 Å². The van der Waals surface area contributed by atoms with E-state index < -0.39 is 23.9 Å². The van der Waals surface area contributed by atoms with Crippen LogP contribution in [0.3, 0.4) is 0 Å². The first kappa shape index (κ1) is 73.8. The molecule has 0 N–H and O–H groups in total. The van der Waals surface area contributed by atoms with Crippen LogP contribution >= 0.6 is 0 Å². The van der Waals surface area contributed by atoms with Crippen molar-refractivity contribution in [1.82, 2.24) is 0 Å². The number of rotatable bonds is 42. The maximum Gasteiger partial charge on any atom is 2.00 e. The Labute approximate surface area is 465 Å². The largest absolute Gasteiger partial charge is 2.00 e. The van der Waals surface area contributed by atoms with Crippen LogP contribution in [-0.2, 0) is 9.47 Å². The van der Waals surface area contributed by atoms with Crippen molar-refractivity contribution in [2.24, 2.45) is 0 Å². The van der Waals surface area contributed by atoms with E-state index in [1.54, 1.807) is 24.3 Å². The number of carboxylic acids is 2. The normalized spacial score (nSPS) is 10.6. The number of hydrogen-bond acceptors (Lipinski definition) is 8. The number of carboxylic acid groups (broad SMARTS) is 2. The van der Waals surface area contributed by atoms with Gasteiger partial charge in [-0.1, -0.05) is 269 Å². The number of aromatic carboxylic acids is 2. The number of ether oxygens (including phenoxy) is 2. The third-order valence-corrected chi connectivity index (χ3v) is 12.2. The maximum absolute atomic E-state index is 12.0. The minimum atomic E-state index is -1.36. The van der Waals surface area contributed by atoms with Crippen LogP contribution in [0.15, 0.2) is 72.8 Å². The average Bonchev–Trinajstić information content (AvgIpc) is 3.39. The van der Waals surface area contributed by atoms with E-state index >= 15 is 0 Å². The van der Waals surface area contributed by atoms with Crippen molar-refractivity contribution < 1.29 is 38.9 Å². The van der Waals surface area contributed by atoms with Gasteiger partial charge >= 0.3 is 35.8 Å². The van der Waals surface area contributed by atoms with Gasteiger partial charge in [0.25, 0.3) is 0 Å². The summed E-state index contributed by atoms with van der Waals surface area (Å²) in [6.07, 6.45) is 53.9. The van der Waals surface area contributed by atoms with Crippen molar-refractivity contribution in [3.05, 3.63) is 109 Å². The fourth-order valence-corrected chi connectivity index (χ4v) is 7.72. The Kier molecular flexibility index (Phi) is 60.2. The molecule has 2 rings (SSSR count). The van der Waals surface area contributed by atoms with E-state index in [4.69, 9.17) is 9.47 Å². The maximum atomic E-state index is 12.0. The summed E-state index contributed by atoms with van der Waals surface area (Å²) >= 11 is 0. The number of hydrogen-bond donors (Lipinski definition) is 0. The van der Waals surface area contributed by atoms with Crippen molar-refractivity contribution in [1.29, 1.82) is 0 Å². The summed E-state index contributed by atoms with van der Waals surface area (Å²) in [5.41, 5.74) is -0.137. The molecule has 0 saturated carbocycles. The molecule has 9 heteroatoms. The molecule has 2 aromatic carbocycles. The molecule has 0 unspecified atom stereocenters. The summed E-state index contributed by atoms with van der Waals surface area (Å²) < 4.78 is 10.4. The first-order chi connectivity index (χ1) is 35.2. The minimum Gasteiger partial charge on any atom is -0.545 e. The summed E-state index contributed by atoms with van der Waals surface area (Å²) in [7, 11) is 0. The van der Waals surface area contributed by atoms with Crippen LogP contribution in [-0.4, -0.2) is 61.0 Å². The molecule has 0 spiro atoms. The van der Waals surface area contributed by atoms with Gasteiger partial charge in [0.15, 0.2) is 0 Å². The number of unbranched alkanes of at least 4 members (excludes halogenated alkanes) is 30. The molecule has 0 aliphatic rings. The van der Waals surface area contributed by atoms with Gasteiger partial charge in [-0.05, 0) is 76.3 Å². The molecular weight excluding hydrogens is 1020 g/mol. The Morgan fingerprint density at radius 3 is 0.863 bits per heavy atom. The van der Waals surface area contributed by atoms with Gasteiger partial charge in [0.2, 0.25) is 0 Å². The zero-order valence-electron chi connectivity index (χ0n) is 47.0. The fourth-order valence-electron chi connectivity index (χ4n) is 7.72. The summed E-state index contributed by atoms with van der Waals surface area (Å²) in [5, 5.41) is 22.0. The second kappa shape index (κ2) is 59.5. The van der Waals surface area contributed by atoms with Gasteiger partial charge in [0.1, 0.15) is 0 Å². The van der Waals surface area contributed by atoms with Crippen molar-refractivity contribution in [3.8, 4) is 0 Å². The van der Waals surface area contributed by atoms with E-state index in [9.17, 15) is 29.4 Å². The minimum absolute atomic E-state index is 0. The standard InChI is InChI=1S/2C24H36O4.2C8H17.Sn/c2*1-2-3-4-5-6-7-8-9-10-11-12-13-14-17-20-28-24(27)22-19-16-15-18-21(22)23(25)26;2*1-3-5-7-8-6-4-2;/h2*8-9,15-16,18-19H,2-7,10-14,17,20H2,1H3,(H,25,26);2*1,3-8H2,2H3;/q;;;;+2/p-2/b2*9-8+;;;. The second-order valence-electron chi connectivity index (χ2n) is 18.9. The van der Waals surface area contributed by atoms with E-state index in [0.29, 0.717) is 13.2 Å². The van der Waals surface area contributed by atoms with Gasteiger partial charge < -0.3 is 29.3 Å². The quantitative estimate of drug-likeness (QED) is 0.0278. The second-order valence-corrected chi connectivity index (χ2v) is 18.9. The topological polar surface area (TPSA) is 133 Å². The number of benzene rings is 2. The number of carbonyl (C=O) groups excluding carboxylic acids is 4. The average molecular weight is 1120 g/mol. The van der Waals surface area contributed by atoms with Crippen LogP contribution in [0.4, 0.5) is 0 Å². The number of esters is 2. The van der Waals surface area contributed by atoms with E-state index in [1.807, 2.05) is 0 Å². The van der Waals surface area contributed by atoms with Gasteiger partial charge in [0, 0.05) is 11.1 Å². The summed E-state index contributed by atoms with van der Waals surface area (Å²) in [6.45, 7) is 17.2. The van der Waals surface area contributed by atoms with Crippen LogP contribution in [0.2, 0.25) is 0 Å². The van der Waals surface area contributed by atoms with Gasteiger partial charge in [0.05, 0.1) is 36.3 Å². The molecule has 0 saturated heterocycles. The van der Waals surface area contributed by atoms with Crippen LogP contribution in [0.25, 0.3) is 0 Å². The predicted octanol–water partition coefficient (Wildman–Crippen LogP) is 16.9. The molecular formula is C64H104O8Sn. The van der Waals surface area contributed by atoms with Gasteiger partial charge in [-0.25, -0.2) is 9.59 Å². The Balaban J connectivity index is -0.00000102. The Hall–Kier alpha value is -3.40. The van der Waals surface area contributed by atoms with Crippen molar-refractivity contribution in [2.75, 3.05) is 13.2 Å². The molecule has 0 amide bonds. The molecule has 0 aliphatic heterocycles. The zero-order valence-corrected chi connectivity index (χ0v) is 49.8. The predicted molar refractivity (Wildman–Crippen MR) is 306 cm³/mol. The van der Waals surface area contributed by atoms with Crippen LogP contribution in [0, 0.1) is 13.8 Å². The molecule has 8 nitrogen and oxygen atoms in total. The van der Waals surface area contributed by atoms with Crippen molar-refractivity contribution in [2.45, 2.75) is 259 Å². The van der Waals surface area contributed by atoms with Crippen LogP contribution in [0.1, 0.15) is 300 Å². The Morgan fingerprint density at radius 2 is 0.603 bits per heavy atom. The molecule has 73 heavy (non-hydrogen) atoms. The zero-order chi connectivity index (χ0) is 53.4. The fraction of sp³-hybridized carbons (Fsp3) is 0.656. The monoisotopic (exact) mass is 1120 g/mol. The molecule has 0 atom stereocenters. The molecule has 0 aliphatic carbocycles. The molecule has 4 radical (unpaired) electrons.